The summed E-state index contributed by atoms with van der Waals surface area (Å²) in [6, 6.07) is 0.285. The van der Waals surface area contributed by atoms with Gasteiger partial charge >= 0.3 is 0 Å². The maximum absolute atomic E-state index is 11.4. The van der Waals surface area contributed by atoms with E-state index in [2.05, 4.69) is 12.2 Å². The Morgan fingerprint density at radius 3 is 2.25 bits per heavy atom. The monoisotopic (exact) mass is 228 g/mol. The lowest BCUT2D eigenvalue weighted by Gasteiger charge is -2.29. The van der Waals surface area contributed by atoms with Crippen LogP contribution in [-0.4, -0.2) is 17.5 Å². The lowest BCUT2D eigenvalue weighted by atomic mass is 9.92. The Morgan fingerprint density at radius 2 is 1.81 bits per heavy atom. The maximum Gasteiger partial charge on any atom is 0.237 e. The first-order valence-electron chi connectivity index (χ1n) is 6.50. The highest BCUT2D eigenvalue weighted by molar-refractivity contribution is 5.84. The van der Waals surface area contributed by atoms with Crippen molar-refractivity contribution in [2.45, 2.75) is 77.8 Å². The quantitative estimate of drug-likeness (QED) is 0.596. The highest BCUT2D eigenvalue weighted by Gasteiger charge is 2.30. The van der Waals surface area contributed by atoms with Gasteiger partial charge in [0.25, 0.3) is 0 Å². The van der Waals surface area contributed by atoms with Crippen LogP contribution in [0.15, 0.2) is 0 Å². The number of hydrogen-bond donors (Lipinski definition) is 2. The number of unbranched alkanes of at least 4 members (excludes halogenated alkanes) is 4. The van der Waals surface area contributed by atoms with Crippen LogP contribution in [0.3, 0.4) is 0 Å². The van der Waals surface area contributed by atoms with Crippen molar-refractivity contribution < 1.29 is 4.79 Å². The zero-order valence-corrected chi connectivity index (χ0v) is 11.3. The Bertz CT molecular complexity index is 204. The van der Waals surface area contributed by atoms with E-state index in [-0.39, 0.29) is 11.9 Å². The average molecular weight is 228 g/mol. The van der Waals surface area contributed by atoms with Gasteiger partial charge in [0.15, 0.2) is 0 Å². The van der Waals surface area contributed by atoms with Crippen molar-refractivity contribution in [2.75, 3.05) is 0 Å². The van der Waals surface area contributed by atoms with Gasteiger partial charge in [-0.05, 0) is 27.2 Å². The summed E-state index contributed by atoms with van der Waals surface area (Å²) in [5, 5.41) is 3.27. The van der Waals surface area contributed by atoms with Gasteiger partial charge in [-0.25, -0.2) is 0 Å². The minimum atomic E-state index is -0.541. The number of amides is 1. The van der Waals surface area contributed by atoms with Gasteiger partial charge in [-0.3, -0.25) is 4.79 Å². The summed E-state index contributed by atoms with van der Waals surface area (Å²) in [6.45, 7) is 8.19. The summed E-state index contributed by atoms with van der Waals surface area (Å²) in [7, 11) is 0. The number of rotatable bonds is 9. The summed E-state index contributed by atoms with van der Waals surface area (Å²) in [4.78, 5) is 11.4. The molecular weight excluding hydrogens is 200 g/mol. The number of primary amides is 1. The molecule has 0 aliphatic rings. The molecule has 3 heteroatoms. The van der Waals surface area contributed by atoms with Gasteiger partial charge in [0.1, 0.15) is 0 Å². The third-order valence-corrected chi connectivity index (χ3v) is 2.93. The zero-order chi connectivity index (χ0) is 12.6. The largest absolute Gasteiger partial charge is 0.368 e. The van der Waals surface area contributed by atoms with E-state index in [4.69, 9.17) is 5.73 Å². The Kier molecular flexibility index (Phi) is 7.39. The molecule has 0 spiro atoms. The molecule has 0 aromatic rings. The number of hydrogen-bond acceptors (Lipinski definition) is 2. The molecule has 0 aliphatic heterocycles. The molecule has 0 saturated heterocycles. The summed E-state index contributed by atoms with van der Waals surface area (Å²) in [5.74, 6) is -0.239. The van der Waals surface area contributed by atoms with Crippen molar-refractivity contribution in [3.8, 4) is 0 Å². The van der Waals surface area contributed by atoms with E-state index in [1.807, 2.05) is 20.8 Å². The maximum atomic E-state index is 11.4. The van der Waals surface area contributed by atoms with Crippen LogP contribution in [-0.2, 0) is 4.79 Å². The third kappa shape index (κ3) is 6.11. The molecule has 0 aromatic carbocycles. The average Bonchev–Trinajstić information content (AvgIpc) is 2.16. The molecule has 3 N–H and O–H groups in total. The molecule has 0 rings (SSSR count). The minimum Gasteiger partial charge on any atom is -0.368 e. The Morgan fingerprint density at radius 1 is 1.25 bits per heavy atom. The number of carbonyl (C=O) groups is 1. The Labute approximate surface area is 100 Å². The van der Waals surface area contributed by atoms with Gasteiger partial charge in [-0.15, -0.1) is 0 Å². The molecule has 0 aliphatic carbocycles. The first-order valence-corrected chi connectivity index (χ1v) is 6.50. The fraction of sp³-hybridized carbons (Fsp3) is 0.923. The fourth-order valence-corrected chi connectivity index (χ4v) is 1.99. The van der Waals surface area contributed by atoms with Gasteiger partial charge in [0, 0.05) is 6.04 Å². The zero-order valence-electron chi connectivity index (χ0n) is 11.3. The van der Waals surface area contributed by atoms with Gasteiger partial charge in [0.05, 0.1) is 5.54 Å². The molecule has 1 amide bonds. The molecule has 96 valence electrons. The molecule has 1 unspecified atom stereocenters. The van der Waals surface area contributed by atoms with Crippen LogP contribution in [0.5, 0.6) is 0 Å². The molecule has 0 heterocycles. The van der Waals surface area contributed by atoms with Crippen LogP contribution in [0.4, 0.5) is 0 Å². The molecule has 0 radical (unpaired) electrons. The molecule has 0 saturated carbocycles. The lowest BCUT2D eigenvalue weighted by Crippen LogP contribution is -2.55. The van der Waals surface area contributed by atoms with Crippen LogP contribution in [0, 0.1) is 0 Å². The van der Waals surface area contributed by atoms with Crippen LogP contribution in [0.1, 0.15) is 66.2 Å². The van der Waals surface area contributed by atoms with Gasteiger partial charge in [-0.1, -0.05) is 39.0 Å². The van der Waals surface area contributed by atoms with E-state index in [1.54, 1.807) is 0 Å². The number of carbonyl (C=O) groups excluding carboxylic acids is 1. The highest BCUT2D eigenvalue weighted by atomic mass is 16.1. The molecular formula is C13H28N2O. The van der Waals surface area contributed by atoms with Crippen molar-refractivity contribution >= 4 is 5.91 Å². The Balaban J connectivity index is 3.98. The van der Waals surface area contributed by atoms with E-state index >= 15 is 0 Å². The first kappa shape index (κ1) is 15.4. The molecule has 3 nitrogen and oxygen atoms in total. The summed E-state index contributed by atoms with van der Waals surface area (Å²) in [5.41, 5.74) is 4.92. The van der Waals surface area contributed by atoms with Crippen molar-refractivity contribution in [1.29, 1.82) is 0 Å². The van der Waals surface area contributed by atoms with Crippen LogP contribution in [0.25, 0.3) is 0 Å². The molecule has 0 fully saturated rings. The van der Waals surface area contributed by atoms with Crippen molar-refractivity contribution in [3.63, 3.8) is 0 Å². The predicted molar refractivity (Wildman–Crippen MR) is 69.2 cm³/mol. The first-order chi connectivity index (χ1) is 7.42. The normalized spacial score (nSPS) is 15.1. The van der Waals surface area contributed by atoms with Crippen LogP contribution >= 0.6 is 0 Å². The highest BCUT2D eigenvalue weighted by Crippen LogP contribution is 2.16. The smallest absolute Gasteiger partial charge is 0.237 e. The van der Waals surface area contributed by atoms with E-state index in [1.165, 1.54) is 25.7 Å². The fourth-order valence-electron chi connectivity index (χ4n) is 1.99. The van der Waals surface area contributed by atoms with Crippen LogP contribution in [0.2, 0.25) is 0 Å². The minimum absolute atomic E-state index is 0.239. The second kappa shape index (κ2) is 7.66. The second-order valence-electron chi connectivity index (χ2n) is 5.16. The number of nitrogens with two attached hydrogens (primary N) is 1. The third-order valence-electron chi connectivity index (χ3n) is 2.93. The van der Waals surface area contributed by atoms with Crippen molar-refractivity contribution in [2.24, 2.45) is 5.73 Å². The van der Waals surface area contributed by atoms with E-state index in [0.717, 1.165) is 12.8 Å². The molecule has 1 atom stereocenters. The standard InChI is InChI=1S/C13H28N2O/c1-5-6-7-8-9-10-13(4,12(14)16)15-11(2)3/h11,15H,5-10H2,1-4H3,(H2,14,16). The number of nitrogens with one attached hydrogen (secondary N) is 1. The van der Waals surface area contributed by atoms with Crippen molar-refractivity contribution in [3.05, 3.63) is 0 Å². The summed E-state index contributed by atoms with van der Waals surface area (Å²) < 4.78 is 0. The van der Waals surface area contributed by atoms with Gasteiger partial charge in [-0.2, -0.15) is 0 Å². The van der Waals surface area contributed by atoms with Crippen LogP contribution < -0.4 is 11.1 Å². The van der Waals surface area contributed by atoms with E-state index < -0.39 is 5.54 Å². The molecule has 0 aromatic heterocycles. The van der Waals surface area contributed by atoms with Gasteiger partial charge < -0.3 is 11.1 Å². The summed E-state index contributed by atoms with van der Waals surface area (Å²) in [6.07, 6.45) is 6.88. The lowest BCUT2D eigenvalue weighted by molar-refractivity contribution is -0.124. The second-order valence-corrected chi connectivity index (χ2v) is 5.16. The summed E-state index contributed by atoms with van der Waals surface area (Å²) >= 11 is 0. The van der Waals surface area contributed by atoms with Crippen molar-refractivity contribution in [1.82, 2.24) is 5.32 Å². The SMILES string of the molecule is CCCCCCCC(C)(NC(C)C)C(N)=O. The van der Waals surface area contributed by atoms with Gasteiger partial charge in [0.2, 0.25) is 5.91 Å². The molecule has 0 bridgehead atoms. The predicted octanol–water partition coefficient (Wildman–Crippen LogP) is 2.59. The van der Waals surface area contributed by atoms with E-state index in [0.29, 0.717) is 0 Å². The topological polar surface area (TPSA) is 55.1 Å². The van der Waals surface area contributed by atoms with E-state index in [9.17, 15) is 4.79 Å². The molecule has 16 heavy (non-hydrogen) atoms. The Hall–Kier alpha value is -0.570.